The van der Waals surface area contributed by atoms with Gasteiger partial charge >= 0.3 is 0 Å². The molecule has 206 valence electrons. The van der Waals surface area contributed by atoms with Crippen LogP contribution in [0.4, 0.5) is 5.95 Å². The van der Waals surface area contributed by atoms with E-state index in [1.54, 1.807) is 26.4 Å². The van der Waals surface area contributed by atoms with Crippen LogP contribution in [0, 0.1) is 5.41 Å². The zero-order valence-corrected chi connectivity index (χ0v) is 22.9. The molecule has 0 saturated carbocycles. The highest BCUT2D eigenvalue weighted by molar-refractivity contribution is 5.88. The number of hydrogen-bond acceptors (Lipinski definition) is 7. The number of rotatable bonds is 7. The Morgan fingerprint density at radius 3 is 2.23 bits per heavy atom. The molecule has 3 aromatic carbocycles. The van der Waals surface area contributed by atoms with Crippen LogP contribution in [0.15, 0.2) is 66.7 Å². The molecule has 2 heterocycles. The van der Waals surface area contributed by atoms with Gasteiger partial charge in [-0.3, -0.25) is 4.79 Å². The van der Waals surface area contributed by atoms with E-state index >= 15 is 0 Å². The number of ether oxygens (including phenoxy) is 2. The van der Waals surface area contributed by atoms with Crippen molar-refractivity contribution in [2.75, 3.05) is 32.2 Å². The second-order valence-electron chi connectivity index (χ2n) is 10.8. The Hall–Kier alpha value is -4.33. The molecule has 0 unspecified atom stereocenters. The van der Waals surface area contributed by atoms with Gasteiger partial charge in [0.1, 0.15) is 0 Å². The molecule has 40 heavy (non-hydrogen) atoms. The molecule has 1 aliphatic heterocycles. The van der Waals surface area contributed by atoms with Gasteiger partial charge in [-0.15, -0.1) is 0 Å². The molecule has 0 radical (unpaired) electrons. The number of aromatic nitrogens is 2. The largest absolute Gasteiger partial charge is 0.493 e. The Kier molecular flexibility index (Phi) is 6.92. The van der Waals surface area contributed by atoms with E-state index in [1.165, 1.54) is 11.1 Å². The summed E-state index contributed by atoms with van der Waals surface area (Å²) in [7, 11) is 3.12. The van der Waals surface area contributed by atoms with Crippen molar-refractivity contribution in [1.29, 1.82) is 0 Å². The first kappa shape index (κ1) is 25.9. The van der Waals surface area contributed by atoms with Crippen molar-refractivity contribution >= 4 is 22.8 Å². The number of anilines is 1. The maximum atomic E-state index is 14.0. The molecule has 4 aromatic rings. The number of methoxy groups -OCH3 is 2. The third kappa shape index (κ3) is 4.90. The highest BCUT2D eigenvalue weighted by Gasteiger charge is 2.43. The Morgan fingerprint density at radius 1 is 0.950 bits per heavy atom. The molecule has 1 aliphatic carbocycles. The van der Waals surface area contributed by atoms with Crippen molar-refractivity contribution in [3.05, 3.63) is 83.4 Å². The van der Waals surface area contributed by atoms with Crippen LogP contribution in [-0.2, 0) is 24.1 Å². The van der Waals surface area contributed by atoms with Crippen molar-refractivity contribution in [2.45, 2.75) is 38.1 Å². The zero-order valence-electron chi connectivity index (χ0n) is 22.9. The minimum Gasteiger partial charge on any atom is -0.493 e. The fourth-order valence-corrected chi connectivity index (χ4v) is 6.17. The van der Waals surface area contributed by atoms with Gasteiger partial charge < -0.3 is 24.8 Å². The maximum absolute atomic E-state index is 14.0. The number of piperidine rings is 1. The Morgan fingerprint density at radius 2 is 1.57 bits per heavy atom. The zero-order chi connectivity index (χ0) is 27.7. The summed E-state index contributed by atoms with van der Waals surface area (Å²) in [6.07, 6.45) is 3.72. The van der Waals surface area contributed by atoms with Gasteiger partial charge in [-0.05, 0) is 54.9 Å². The van der Waals surface area contributed by atoms with Gasteiger partial charge in [0.2, 0.25) is 17.7 Å². The van der Waals surface area contributed by atoms with Gasteiger partial charge in [0.15, 0.2) is 11.5 Å². The van der Waals surface area contributed by atoms with E-state index in [0.29, 0.717) is 60.7 Å². The van der Waals surface area contributed by atoms with E-state index in [0.717, 1.165) is 18.4 Å². The standard InChI is InChI=1S/C32H34N4O4/c1-39-27-18-25-26(19-28(27)40-2)34-31(35-29(25)37)36-14-12-32(13-15-36,20-21-8-4-3-5-9-21)30(38)33-24-16-22-10-6-7-11-23(22)17-24/h3-11,18-19,24H,12-17,20H2,1-2H3,(H,33,38)(H,34,35,37). The molecule has 0 spiro atoms. The maximum Gasteiger partial charge on any atom is 0.229 e. The number of carbonyl (C=O) groups excluding carboxylic acids is 1. The molecule has 0 atom stereocenters. The number of hydrogen-bond donors (Lipinski definition) is 2. The van der Waals surface area contributed by atoms with Gasteiger partial charge in [0.05, 0.1) is 30.5 Å². The highest BCUT2D eigenvalue weighted by atomic mass is 16.5. The van der Waals surface area contributed by atoms with Crippen LogP contribution in [-0.4, -0.2) is 54.3 Å². The lowest BCUT2D eigenvalue weighted by molar-refractivity contribution is -0.133. The Bertz CT molecular complexity index is 1510. The predicted octanol–water partition coefficient (Wildman–Crippen LogP) is 4.47. The topological polar surface area (TPSA) is 96.8 Å². The summed E-state index contributed by atoms with van der Waals surface area (Å²) in [6.45, 7) is 1.20. The minimum atomic E-state index is -0.540. The second kappa shape index (κ2) is 10.7. The molecular formula is C32H34N4O4. The fraction of sp³-hybridized carbons (Fsp3) is 0.344. The molecule has 1 saturated heterocycles. The summed E-state index contributed by atoms with van der Waals surface area (Å²) in [5.41, 5.74) is 3.83. The number of nitrogens with one attached hydrogen (secondary N) is 1. The van der Waals surface area contributed by atoms with Crippen LogP contribution in [0.1, 0.15) is 29.5 Å². The van der Waals surface area contributed by atoms with E-state index in [4.69, 9.17) is 14.5 Å². The van der Waals surface area contributed by atoms with Crippen LogP contribution in [0.3, 0.4) is 0 Å². The highest BCUT2D eigenvalue weighted by Crippen LogP contribution is 2.39. The second-order valence-corrected chi connectivity index (χ2v) is 10.8. The van der Waals surface area contributed by atoms with E-state index in [1.807, 2.05) is 18.2 Å². The van der Waals surface area contributed by atoms with Crippen molar-refractivity contribution in [3.63, 3.8) is 0 Å². The molecule has 0 bridgehead atoms. The number of fused-ring (bicyclic) bond motifs is 2. The van der Waals surface area contributed by atoms with E-state index in [-0.39, 0.29) is 17.8 Å². The van der Waals surface area contributed by atoms with Crippen LogP contribution < -0.4 is 19.7 Å². The molecular weight excluding hydrogens is 504 g/mol. The number of aromatic hydroxyl groups is 1. The van der Waals surface area contributed by atoms with Gasteiger partial charge in [0.25, 0.3) is 0 Å². The van der Waals surface area contributed by atoms with E-state index < -0.39 is 5.41 Å². The predicted molar refractivity (Wildman–Crippen MR) is 154 cm³/mol. The lowest BCUT2D eigenvalue weighted by atomic mass is 9.72. The van der Waals surface area contributed by atoms with Gasteiger partial charge in [0, 0.05) is 25.2 Å². The molecule has 6 rings (SSSR count). The Labute approximate surface area is 234 Å². The van der Waals surface area contributed by atoms with Gasteiger partial charge in [-0.2, -0.15) is 4.98 Å². The van der Waals surface area contributed by atoms with Crippen molar-refractivity contribution in [1.82, 2.24) is 15.3 Å². The first-order valence-electron chi connectivity index (χ1n) is 13.8. The summed E-state index contributed by atoms with van der Waals surface area (Å²) in [5.74, 6) is 1.48. The first-order valence-corrected chi connectivity index (χ1v) is 13.8. The molecule has 1 fully saturated rings. The van der Waals surface area contributed by atoms with Crippen LogP contribution in [0.5, 0.6) is 17.4 Å². The molecule has 1 amide bonds. The summed E-state index contributed by atoms with van der Waals surface area (Å²) in [5, 5.41) is 14.7. The quantitative estimate of drug-likeness (QED) is 0.359. The summed E-state index contributed by atoms with van der Waals surface area (Å²) in [4.78, 5) is 25.2. The molecule has 8 heteroatoms. The average Bonchev–Trinajstić information content (AvgIpc) is 3.39. The lowest BCUT2D eigenvalue weighted by Gasteiger charge is -2.41. The third-order valence-electron chi connectivity index (χ3n) is 8.43. The summed E-state index contributed by atoms with van der Waals surface area (Å²) >= 11 is 0. The normalized spacial score (nSPS) is 16.5. The monoisotopic (exact) mass is 538 g/mol. The van der Waals surface area contributed by atoms with Crippen LogP contribution in [0.25, 0.3) is 10.9 Å². The summed E-state index contributed by atoms with van der Waals surface area (Å²) < 4.78 is 10.8. The molecule has 2 N–H and O–H groups in total. The minimum absolute atomic E-state index is 0.111. The molecule has 2 aliphatic rings. The summed E-state index contributed by atoms with van der Waals surface area (Å²) in [6, 6.07) is 22.2. The van der Waals surface area contributed by atoms with Crippen molar-refractivity contribution in [3.8, 4) is 17.4 Å². The van der Waals surface area contributed by atoms with Gasteiger partial charge in [-0.25, -0.2) is 4.98 Å². The molecule has 1 aromatic heterocycles. The molecule has 8 nitrogen and oxygen atoms in total. The van der Waals surface area contributed by atoms with Crippen molar-refractivity contribution in [2.24, 2.45) is 5.41 Å². The SMILES string of the molecule is COc1cc2nc(N3CCC(Cc4ccccc4)(C(=O)NC4Cc5ccccc5C4)CC3)nc(O)c2cc1OC. The number of benzene rings is 3. The number of amides is 1. The van der Waals surface area contributed by atoms with Crippen LogP contribution >= 0.6 is 0 Å². The number of nitrogens with zero attached hydrogens (tertiary/aromatic N) is 3. The van der Waals surface area contributed by atoms with E-state index in [9.17, 15) is 9.90 Å². The van der Waals surface area contributed by atoms with Gasteiger partial charge in [-0.1, -0.05) is 54.6 Å². The van der Waals surface area contributed by atoms with Crippen molar-refractivity contribution < 1.29 is 19.4 Å². The number of carbonyl (C=O) groups is 1. The fourth-order valence-electron chi connectivity index (χ4n) is 6.17. The first-order chi connectivity index (χ1) is 19.5. The third-order valence-corrected chi connectivity index (χ3v) is 8.43. The Balaban J connectivity index is 1.23. The average molecular weight is 539 g/mol. The van der Waals surface area contributed by atoms with E-state index in [2.05, 4.69) is 51.6 Å². The lowest BCUT2D eigenvalue weighted by Crippen LogP contribution is -2.52. The smallest absolute Gasteiger partial charge is 0.229 e. The van der Waals surface area contributed by atoms with Crippen LogP contribution in [0.2, 0.25) is 0 Å².